The highest BCUT2D eigenvalue weighted by Crippen LogP contribution is 2.13. The van der Waals surface area contributed by atoms with Crippen LogP contribution in [0.4, 0.5) is 11.6 Å². The fraction of sp³-hybridized carbons (Fsp3) is 0.462. The van der Waals surface area contributed by atoms with Gasteiger partial charge in [-0.25, -0.2) is 15.0 Å². The first-order valence-corrected chi connectivity index (χ1v) is 6.80. The number of nitrogens with one attached hydrogen (secondary N) is 1. The van der Waals surface area contributed by atoms with E-state index in [0.717, 1.165) is 24.7 Å². The maximum absolute atomic E-state index is 8.36. The van der Waals surface area contributed by atoms with E-state index in [1.807, 2.05) is 13.1 Å². The van der Waals surface area contributed by atoms with Crippen molar-refractivity contribution >= 4 is 18.1 Å². The average Bonchev–Trinajstić information content (AvgIpc) is 3.00. The molecular weight excluding hydrogens is 286 g/mol. The topological polar surface area (TPSA) is 109 Å². The van der Waals surface area contributed by atoms with Crippen molar-refractivity contribution in [2.24, 2.45) is 0 Å². The van der Waals surface area contributed by atoms with Gasteiger partial charge in [-0.2, -0.15) is 5.10 Å². The Bertz CT molecular complexity index is 547. The molecule has 9 nitrogen and oxygen atoms in total. The summed E-state index contributed by atoms with van der Waals surface area (Å²) in [6.45, 7) is 5.56. The number of carboxylic acid groups (broad SMARTS) is 1. The van der Waals surface area contributed by atoms with Crippen molar-refractivity contribution in [2.45, 2.75) is 26.4 Å². The lowest BCUT2D eigenvalue weighted by atomic mass is 10.3. The molecule has 0 aliphatic rings. The summed E-state index contributed by atoms with van der Waals surface area (Å²) in [6, 6.07) is 2.15. The molecule has 1 unspecified atom stereocenters. The van der Waals surface area contributed by atoms with E-state index in [2.05, 4.69) is 44.1 Å². The van der Waals surface area contributed by atoms with Gasteiger partial charge in [0.15, 0.2) is 0 Å². The number of anilines is 2. The van der Waals surface area contributed by atoms with E-state index in [0.29, 0.717) is 0 Å². The number of carbonyl (C=O) groups is 1. The Kier molecular flexibility index (Phi) is 7.31. The van der Waals surface area contributed by atoms with Crippen LogP contribution in [0.1, 0.15) is 13.8 Å². The van der Waals surface area contributed by atoms with Gasteiger partial charge in [0.25, 0.3) is 6.47 Å². The first-order valence-electron chi connectivity index (χ1n) is 6.80. The van der Waals surface area contributed by atoms with Gasteiger partial charge in [0.05, 0.1) is 6.54 Å². The lowest BCUT2D eigenvalue weighted by molar-refractivity contribution is -0.122. The van der Waals surface area contributed by atoms with Gasteiger partial charge in [-0.15, -0.1) is 0 Å². The van der Waals surface area contributed by atoms with Crippen LogP contribution in [0.5, 0.6) is 0 Å². The Balaban J connectivity index is 0.000000745. The van der Waals surface area contributed by atoms with E-state index in [9.17, 15) is 0 Å². The molecule has 0 bridgehead atoms. The molecule has 0 aliphatic carbocycles. The van der Waals surface area contributed by atoms with E-state index in [4.69, 9.17) is 9.90 Å². The molecule has 0 aliphatic heterocycles. The maximum atomic E-state index is 8.36. The number of hydrogen-bond acceptors (Lipinski definition) is 7. The molecule has 0 amide bonds. The van der Waals surface area contributed by atoms with Crippen molar-refractivity contribution in [3.05, 3.63) is 25.0 Å². The standard InChI is InChI=1S/C12H19N7.CH2O2/c1-4-18(3)12-5-11(14-8-15-12)17-10(2)6-19-9-13-7-16-19;2-1-3/h5,7-10H,4,6H2,1-3H3,(H,14,15,17);1H,(H,2,3). The van der Waals surface area contributed by atoms with Crippen molar-refractivity contribution in [1.82, 2.24) is 24.7 Å². The normalized spacial score (nSPS) is 11.0. The number of nitrogens with zero attached hydrogens (tertiary/aromatic N) is 6. The molecule has 0 spiro atoms. The largest absolute Gasteiger partial charge is 0.483 e. The molecule has 0 radical (unpaired) electrons. The van der Waals surface area contributed by atoms with Gasteiger partial charge >= 0.3 is 0 Å². The Morgan fingerprint density at radius 1 is 1.45 bits per heavy atom. The van der Waals surface area contributed by atoms with E-state index in [-0.39, 0.29) is 12.5 Å². The molecule has 9 heteroatoms. The van der Waals surface area contributed by atoms with Crippen LogP contribution in [-0.2, 0) is 11.3 Å². The third-order valence-electron chi connectivity index (χ3n) is 2.84. The van der Waals surface area contributed by atoms with Crippen LogP contribution in [-0.4, -0.2) is 55.9 Å². The summed E-state index contributed by atoms with van der Waals surface area (Å²) < 4.78 is 1.79. The van der Waals surface area contributed by atoms with Crippen LogP contribution in [0, 0.1) is 0 Å². The molecule has 2 N–H and O–H groups in total. The van der Waals surface area contributed by atoms with Crippen molar-refractivity contribution in [3.8, 4) is 0 Å². The Labute approximate surface area is 129 Å². The second-order valence-electron chi connectivity index (χ2n) is 4.54. The summed E-state index contributed by atoms with van der Waals surface area (Å²) in [5, 5.41) is 14.3. The average molecular weight is 307 g/mol. The predicted octanol–water partition coefficient (Wildman–Crippen LogP) is 0.726. The minimum Gasteiger partial charge on any atom is -0.483 e. The molecule has 22 heavy (non-hydrogen) atoms. The van der Waals surface area contributed by atoms with Crippen LogP contribution in [0.15, 0.2) is 25.0 Å². The van der Waals surface area contributed by atoms with Gasteiger partial charge < -0.3 is 15.3 Å². The zero-order chi connectivity index (χ0) is 16.4. The molecule has 2 aromatic rings. The van der Waals surface area contributed by atoms with Crippen LogP contribution < -0.4 is 10.2 Å². The first-order chi connectivity index (χ1) is 10.6. The second kappa shape index (κ2) is 9.27. The number of aromatic nitrogens is 5. The van der Waals surface area contributed by atoms with Crippen molar-refractivity contribution in [2.75, 3.05) is 23.8 Å². The molecule has 0 saturated carbocycles. The minimum absolute atomic E-state index is 0.205. The van der Waals surface area contributed by atoms with Gasteiger partial charge in [0, 0.05) is 25.7 Å². The van der Waals surface area contributed by atoms with E-state index in [1.165, 1.54) is 6.33 Å². The fourth-order valence-electron chi connectivity index (χ4n) is 1.70. The highest BCUT2D eigenvalue weighted by atomic mass is 16.3. The smallest absolute Gasteiger partial charge is 0.290 e. The van der Waals surface area contributed by atoms with E-state index in [1.54, 1.807) is 17.3 Å². The van der Waals surface area contributed by atoms with E-state index >= 15 is 0 Å². The monoisotopic (exact) mass is 307 g/mol. The van der Waals surface area contributed by atoms with Gasteiger partial charge in [-0.1, -0.05) is 0 Å². The van der Waals surface area contributed by atoms with Crippen LogP contribution in [0.3, 0.4) is 0 Å². The Morgan fingerprint density at radius 3 is 2.77 bits per heavy atom. The van der Waals surface area contributed by atoms with Gasteiger partial charge in [0.2, 0.25) is 0 Å². The van der Waals surface area contributed by atoms with E-state index < -0.39 is 0 Å². The van der Waals surface area contributed by atoms with Crippen LogP contribution in [0.2, 0.25) is 0 Å². The molecule has 2 heterocycles. The second-order valence-corrected chi connectivity index (χ2v) is 4.54. The van der Waals surface area contributed by atoms with Crippen LogP contribution in [0.25, 0.3) is 0 Å². The quantitative estimate of drug-likeness (QED) is 0.752. The molecular formula is C13H21N7O2. The van der Waals surface area contributed by atoms with Crippen molar-refractivity contribution in [1.29, 1.82) is 0 Å². The summed E-state index contributed by atoms with van der Waals surface area (Å²) in [4.78, 5) is 22.8. The third kappa shape index (κ3) is 5.73. The van der Waals surface area contributed by atoms with Crippen molar-refractivity contribution in [3.63, 3.8) is 0 Å². The highest BCUT2D eigenvalue weighted by molar-refractivity contribution is 5.48. The fourth-order valence-corrected chi connectivity index (χ4v) is 1.70. The first kappa shape index (κ1) is 17.3. The highest BCUT2D eigenvalue weighted by Gasteiger charge is 2.07. The van der Waals surface area contributed by atoms with Gasteiger partial charge in [0.1, 0.15) is 30.6 Å². The number of hydrogen-bond donors (Lipinski definition) is 2. The summed E-state index contributed by atoms with van der Waals surface area (Å²) in [5.74, 6) is 1.73. The molecule has 0 saturated heterocycles. The Hall–Kier alpha value is -2.71. The summed E-state index contributed by atoms with van der Waals surface area (Å²) in [7, 11) is 2.00. The van der Waals surface area contributed by atoms with Gasteiger partial charge in [-0.3, -0.25) is 9.48 Å². The molecule has 2 rings (SSSR count). The van der Waals surface area contributed by atoms with Gasteiger partial charge in [-0.05, 0) is 13.8 Å². The third-order valence-corrected chi connectivity index (χ3v) is 2.84. The Morgan fingerprint density at radius 2 is 2.18 bits per heavy atom. The molecule has 0 aromatic carbocycles. The minimum atomic E-state index is -0.250. The zero-order valence-electron chi connectivity index (χ0n) is 12.9. The molecule has 120 valence electrons. The lowest BCUT2D eigenvalue weighted by Crippen LogP contribution is -2.23. The zero-order valence-corrected chi connectivity index (χ0v) is 12.9. The molecule has 1 atom stereocenters. The lowest BCUT2D eigenvalue weighted by Gasteiger charge is -2.18. The molecule has 2 aromatic heterocycles. The summed E-state index contributed by atoms with van der Waals surface area (Å²) >= 11 is 0. The SMILES string of the molecule is CCN(C)c1cc(NC(C)Cn2cncn2)ncn1.O=CO. The predicted molar refractivity (Wildman–Crippen MR) is 82.8 cm³/mol. The molecule has 0 fully saturated rings. The van der Waals surface area contributed by atoms with Crippen LogP contribution >= 0.6 is 0 Å². The van der Waals surface area contributed by atoms with Crippen molar-refractivity contribution < 1.29 is 9.90 Å². The summed E-state index contributed by atoms with van der Waals surface area (Å²) in [5.41, 5.74) is 0. The summed E-state index contributed by atoms with van der Waals surface area (Å²) in [6.07, 6.45) is 4.81. The number of rotatable bonds is 6. The maximum Gasteiger partial charge on any atom is 0.290 e.